The Kier molecular flexibility index (Phi) is 6.13. The number of hydrogen-bond acceptors (Lipinski definition) is 4. The molecule has 8 nitrogen and oxygen atoms in total. The van der Waals surface area contributed by atoms with Crippen LogP contribution in [0.4, 0.5) is 0 Å². The molecule has 0 aromatic carbocycles. The number of carbonyl (C=O) groups is 4. The van der Waals surface area contributed by atoms with Gasteiger partial charge >= 0.3 is 17.9 Å². The van der Waals surface area contributed by atoms with Crippen LogP contribution in [0.25, 0.3) is 0 Å². The summed E-state index contributed by atoms with van der Waals surface area (Å²) in [4.78, 5) is 44.7. The number of rotatable bonds is 7. The summed E-state index contributed by atoms with van der Waals surface area (Å²) in [5.41, 5.74) is 0. The normalized spacial score (nSPS) is 23.0. The average molecular weight is 301 g/mol. The number of carboxylic acid groups (broad SMARTS) is 3. The highest BCUT2D eigenvalue weighted by molar-refractivity contribution is 5.88. The maximum absolute atomic E-state index is 12.1. The fourth-order valence-corrected chi connectivity index (χ4v) is 2.54. The van der Waals surface area contributed by atoms with Crippen LogP contribution in [0.3, 0.4) is 0 Å². The molecule has 1 amide bonds. The van der Waals surface area contributed by atoms with Gasteiger partial charge in [0.25, 0.3) is 0 Å². The third kappa shape index (κ3) is 5.05. The lowest BCUT2D eigenvalue weighted by Crippen LogP contribution is -2.47. The zero-order valence-electron chi connectivity index (χ0n) is 11.4. The Bertz CT molecular complexity index is 434. The Morgan fingerprint density at radius 2 is 1.57 bits per heavy atom. The number of nitrogens with one attached hydrogen (secondary N) is 1. The van der Waals surface area contributed by atoms with Crippen LogP contribution in [0.1, 0.15) is 38.5 Å². The molecule has 21 heavy (non-hydrogen) atoms. The lowest BCUT2D eigenvalue weighted by Gasteiger charge is -2.28. The minimum atomic E-state index is -1.33. The van der Waals surface area contributed by atoms with Crippen LogP contribution in [0, 0.1) is 11.8 Å². The second-order valence-electron chi connectivity index (χ2n) is 5.17. The summed E-state index contributed by atoms with van der Waals surface area (Å²) in [5.74, 6) is -5.74. The smallest absolute Gasteiger partial charge is 0.326 e. The molecule has 3 atom stereocenters. The topological polar surface area (TPSA) is 141 Å². The van der Waals surface area contributed by atoms with Gasteiger partial charge in [-0.1, -0.05) is 12.8 Å². The number of amides is 1. The van der Waals surface area contributed by atoms with E-state index in [0.717, 1.165) is 6.42 Å². The first kappa shape index (κ1) is 16.9. The van der Waals surface area contributed by atoms with Crippen LogP contribution in [0.2, 0.25) is 0 Å². The Morgan fingerprint density at radius 3 is 2.05 bits per heavy atom. The molecule has 118 valence electrons. The van der Waals surface area contributed by atoms with Crippen LogP contribution < -0.4 is 5.32 Å². The quantitative estimate of drug-likeness (QED) is 0.530. The van der Waals surface area contributed by atoms with Crippen LogP contribution in [0.5, 0.6) is 0 Å². The summed E-state index contributed by atoms with van der Waals surface area (Å²) < 4.78 is 0. The van der Waals surface area contributed by atoms with Crippen molar-refractivity contribution in [1.29, 1.82) is 0 Å². The number of aliphatic carboxylic acids is 3. The van der Waals surface area contributed by atoms with Gasteiger partial charge in [0.2, 0.25) is 5.91 Å². The van der Waals surface area contributed by atoms with Gasteiger partial charge in [-0.15, -0.1) is 0 Å². The summed E-state index contributed by atoms with van der Waals surface area (Å²) in [7, 11) is 0. The van der Waals surface area contributed by atoms with E-state index in [4.69, 9.17) is 15.3 Å². The first-order valence-corrected chi connectivity index (χ1v) is 6.80. The number of hydrogen-bond donors (Lipinski definition) is 4. The summed E-state index contributed by atoms with van der Waals surface area (Å²) in [6.07, 6.45) is 1.61. The number of carbonyl (C=O) groups excluding carboxylic acids is 1. The molecule has 1 aliphatic carbocycles. The van der Waals surface area contributed by atoms with Gasteiger partial charge in [0, 0.05) is 6.42 Å². The molecule has 1 aliphatic rings. The molecule has 0 spiro atoms. The highest BCUT2D eigenvalue weighted by Crippen LogP contribution is 2.30. The molecule has 0 radical (unpaired) electrons. The molecular formula is C13H19NO7. The van der Waals surface area contributed by atoms with Gasteiger partial charge in [0.1, 0.15) is 6.04 Å². The molecule has 0 aromatic rings. The van der Waals surface area contributed by atoms with Crippen molar-refractivity contribution in [2.24, 2.45) is 11.8 Å². The summed E-state index contributed by atoms with van der Waals surface area (Å²) in [6.45, 7) is 0. The average Bonchev–Trinajstić information content (AvgIpc) is 2.42. The summed E-state index contributed by atoms with van der Waals surface area (Å²) in [6, 6.07) is -1.31. The van der Waals surface area contributed by atoms with Crippen molar-refractivity contribution in [2.75, 3.05) is 0 Å². The van der Waals surface area contributed by atoms with Crippen molar-refractivity contribution in [3.8, 4) is 0 Å². The minimum Gasteiger partial charge on any atom is -0.481 e. The van der Waals surface area contributed by atoms with Gasteiger partial charge in [0.15, 0.2) is 0 Å². The molecule has 0 unspecified atom stereocenters. The molecule has 0 aliphatic heterocycles. The molecule has 1 saturated carbocycles. The van der Waals surface area contributed by atoms with Gasteiger partial charge in [0.05, 0.1) is 11.8 Å². The van der Waals surface area contributed by atoms with Gasteiger partial charge < -0.3 is 20.6 Å². The zero-order valence-corrected chi connectivity index (χ0v) is 11.4. The summed E-state index contributed by atoms with van der Waals surface area (Å²) in [5, 5.41) is 28.9. The van der Waals surface area contributed by atoms with Gasteiger partial charge in [-0.3, -0.25) is 14.4 Å². The highest BCUT2D eigenvalue weighted by atomic mass is 16.4. The van der Waals surface area contributed by atoms with Crippen LogP contribution in [-0.2, 0) is 19.2 Å². The molecule has 0 saturated heterocycles. The van der Waals surface area contributed by atoms with E-state index >= 15 is 0 Å². The minimum absolute atomic E-state index is 0.235. The standard InChI is InChI=1S/C13H19NO7/c15-10(16)6-5-9(13(20)21)14-11(17)7-3-1-2-4-8(7)12(18)19/h7-9H,1-6H2,(H,14,17)(H,15,16)(H,18,19)(H,20,21)/t7-,8+,9+/m1/s1. The van der Waals surface area contributed by atoms with E-state index in [0.29, 0.717) is 19.3 Å². The first-order chi connectivity index (χ1) is 9.82. The monoisotopic (exact) mass is 301 g/mol. The second kappa shape index (κ2) is 7.61. The van der Waals surface area contributed by atoms with E-state index in [9.17, 15) is 19.2 Å². The van der Waals surface area contributed by atoms with Crippen molar-refractivity contribution >= 4 is 23.8 Å². The second-order valence-corrected chi connectivity index (χ2v) is 5.17. The van der Waals surface area contributed by atoms with Crippen molar-refractivity contribution in [3.05, 3.63) is 0 Å². The largest absolute Gasteiger partial charge is 0.481 e. The SMILES string of the molecule is O=C(O)CC[C@H](NC(=O)[C@@H]1CCCC[C@@H]1C(=O)O)C(=O)O. The number of carboxylic acids is 3. The Morgan fingerprint density at radius 1 is 1.00 bits per heavy atom. The fourth-order valence-electron chi connectivity index (χ4n) is 2.54. The molecule has 4 N–H and O–H groups in total. The Hall–Kier alpha value is -2.12. The Labute approximate surface area is 121 Å². The maximum Gasteiger partial charge on any atom is 0.326 e. The lowest BCUT2D eigenvalue weighted by molar-refractivity contribution is -0.150. The Balaban J connectivity index is 2.68. The van der Waals surface area contributed by atoms with Gasteiger partial charge in [-0.05, 0) is 19.3 Å². The van der Waals surface area contributed by atoms with Crippen LogP contribution >= 0.6 is 0 Å². The van der Waals surface area contributed by atoms with E-state index in [1.54, 1.807) is 0 Å². The van der Waals surface area contributed by atoms with E-state index in [1.165, 1.54) is 0 Å². The lowest BCUT2D eigenvalue weighted by atomic mass is 9.78. The highest BCUT2D eigenvalue weighted by Gasteiger charge is 2.37. The maximum atomic E-state index is 12.1. The third-order valence-corrected chi connectivity index (χ3v) is 3.68. The van der Waals surface area contributed by atoms with Crippen LogP contribution in [-0.4, -0.2) is 45.2 Å². The third-order valence-electron chi connectivity index (χ3n) is 3.68. The zero-order chi connectivity index (χ0) is 16.0. The first-order valence-electron chi connectivity index (χ1n) is 6.80. The van der Waals surface area contributed by atoms with Gasteiger partial charge in [-0.2, -0.15) is 0 Å². The van der Waals surface area contributed by atoms with E-state index in [-0.39, 0.29) is 12.8 Å². The predicted octanol–water partition coefficient (Wildman–Crippen LogP) is 0.312. The van der Waals surface area contributed by atoms with E-state index < -0.39 is 41.7 Å². The summed E-state index contributed by atoms with van der Waals surface area (Å²) >= 11 is 0. The van der Waals surface area contributed by atoms with Crippen molar-refractivity contribution < 1.29 is 34.5 Å². The van der Waals surface area contributed by atoms with Gasteiger partial charge in [-0.25, -0.2) is 4.79 Å². The van der Waals surface area contributed by atoms with Crippen molar-refractivity contribution in [3.63, 3.8) is 0 Å². The fraction of sp³-hybridized carbons (Fsp3) is 0.692. The van der Waals surface area contributed by atoms with Crippen molar-refractivity contribution in [1.82, 2.24) is 5.32 Å². The molecule has 1 fully saturated rings. The predicted molar refractivity (Wildman–Crippen MR) is 69.5 cm³/mol. The van der Waals surface area contributed by atoms with Crippen molar-refractivity contribution in [2.45, 2.75) is 44.6 Å². The molecule has 1 rings (SSSR count). The molecule has 0 heterocycles. The molecular weight excluding hydrogens is 282 g/mol. The van der Waals surface area contributed by atoms with E-state index in [2.05, 4.69) is 5.32 Å². The molecule has 0 bridgehead atoms. The van der Waals surface area contributed by atoms with E-state index in [1.807, 2.05) is 0 Å². The molecule has 8 heteroatoms. The van der Waals surface area contributed by atoms with Crippen LogP contribution in [0.15, 0.2) is 0 Å². The molecule has 0 aromatic heterocycles.